The molecule has 0 amide bonds. The summed E-state index contributed by atoms with van der Waals surface area (Å²) >= 11 is 0. The van der Waals surface area contributed by atoms with Crippen LogP contribution in [0, 0.1) is 11.8 Å². The maximum Gasteiger partial charge on any atom is 0.416 e. The zero-order valence-electron chi connectivity index (χ0n) is 16.4. The van der Waals surface area contributed by atoms with Crippen LogP contribution >= 0.6 is 0 Å². The number of allylic oxidation sites excluding steroid dienone is 1. The van der Waals surface area contributed by atoms with E-state index >= 15 is 0 Å². The Hall–Kier alpha value is -2.69. The van der Waals surface area contributed by atoms with Crippen molar-refractivity contribution in [1.82, 2.24) is 4.98 Å². The van der Waals surface area contributed by atoms with Gasteiger partial charge in [-0.05, 0) is 72.9 Å². The lowest BCUT2D eigenvalue weighted by atomic mass is 9.74. The first kappa shape index (κ1) is 19.6. The van der Waals surface area contributed by atoms with E-state index in [1.54, 1.807) is 12.1 Å². The van der Waals surface area contributed by atoms with E-state index in [4.69, 9.17) is 0 Å². The summed E-state index contributed by atoms with van der Waals surface area (Å²) in [5.74, 6) is 1.32. The molecule has 1 aromatic heterocycles. The molecular weight excluding hydrogens is 373 g/mol. The Kier molecular flexibility index (Phi) is 5.15. The van der Waals surface area contributed by atoms with Crippen LogP contribution in [0.4, 0.5) is 18.9 Å². The summed E-state index contributed by atoms with van der Waals surface area (Å²) in [6.45, 7) is 6.47. The van der Waals surface area contributed by atoms with Gasteiger partial charge in [0.2, 0.25) is 0 Å². The summed E-state index contributed by atoms with van der Waals surface area (Å²) < 4.78 is 38.1. The first-order valence-electron chi connectivity index (χ1n) is 10.0. The number of H-pyrrole nitrogens is 1. The molecule has 1 aliphatic carbocycles. The molecule has 0 bridgehead atoms. The normalized spacial score (nSPS) is 19.2. The van der Waals surface area contributed by atoms with Gasteiger partial charge in [0.1, 0.15) is 0 Å². The molecule has 5 heteroatoms. The summed E-state index contributed by atoms with van der Waals surface area (Å²) in [6.07, 6.45) is 1.52. The van der Waals surface area contributed by atoms with Crippen molar-refractivity contribution in [1.29, 1.82) is 0 Å². The number of benzene rings is 2. The first-order chi connectivity index (χ1) is 13.8. The van der Waals surface area contributed by atoms with Crippen LogP contribution in [0.3, 0.4) is 0 Å². The highest BCUT2D eigenvalue weighted by Crippen LogP contribution is 2.38. The molecule has 0 aliphatic heterocycles. The van der Waals surface area contributed by atoms with E-state index in [2.05, 4.69) is 42.0 Å². The average Bonchev–Trinajstić information content (AvgIpc) is 3.05. The highest BCUT2D eigenvalue weighted by Gasteiger charge is 2.30. The third kappa shape index (κ3) is 4.34. The maximum absolute atomic E-state index is 12.7. The Bertz CT molecular complexity index is 1010. The number of alkyl halides is 3. The third-order valence-electron chi connectivity index (χ3n) is 5.89. The number of aryl methyl sites for hydroxylation is 2. The van der Waals surface area contributed by atoms with Gasteiger partial charge in [-0.1, -0.05) is 31.7 Å². The zero-order valence-corrected chi connectivity index (χ0v) is 16.4. The molecule has 29 heavy (non-hydrogen) atoms. The molecule has 4 rings (SSSR count). The summed E-state index contributed by atoms with van der Waals surface area (Å²) in [4.78, 5) is 3.29. The Morgan fingerprint density at radius 1 is 1.07 bits per heavy atom. The van der Waals surface area contributed by atoms with Gasteiger partial charge in [0.25, 0.3) is 0 Å². The minimum atomic E-state index is -4.29. The fourth-order valence-electron chi connectivity index (χ4n) is 4.04. The molecule has 0 unspecified atom stereocenters. The number of nitrogens with one attached hydrogen (secondary N) is 2. The number of fused-ring (bicyclic) bond motifs is 1. The molecule has 2 N–H and O–H groups in total. The van der Waals surface area contributed by atoms with E-state index in [0.717, 1.165) is 57.9 Å². The highest BCUT2D eigenvalue weighted by molar-refractivity contribution is 5.93. The van der Waals surface area contributed by atoms with Crippen LogP contribution in [0.5, 0.6) is 0 Å². The number of hydrogen-bond donors (Lipinski definition) is 2. The van der Waals surface area contributed by atoms with Gasteiger partial charge in [0, 0.05) is 22.8 Å². The quantitative estimate of drug-likeness (QED) is 0.462. The molecule has 3 aromatic rings. The summed E-state index contributed by atoms with van der Waals surface area (Å²) in [6, 6.07) is 11.7. The minimum absolute atomic E-state index is 0.540. The lowest BCUT2D eigenvalue weighted by molar-refractivity contribution is -0.137. The second-order valence-electron chi connectivity index (χ2n) is 8.20. The Morgan fingerprint density at radius 3 is 2.38 bits per heavy atom. The number of aromatic nitrogens is 1. The smallest absolute Gasteiger partial charge is 0.359 e. The van der Waals surface area contributed by atoms with Gasteiger partial charge in [-0.3, -0.25) is 0 Å². The van der Waals surface area contributed by atoms with Crippen LogP contribution in [0.15, 0.2) is 60.9 Å². The van der Waals surface area contributed by atoms with Crippen LogP contribution in [0.1, 0.15) is 36.5 Å². The number of anilines is 1. The zero-order chi connectivity index (χ0) is 20.6. The van der Waals surface area contributed by atoms with Crippen LogP contribution in [0.25, 0.3) is 10.9 Å². The molecule has 2 nitrogen and oxygen atoms in total. The Labute approximate surface area is 168 Å². The molecule has 0 atom stereocenters. The fraction of sp³-hybridized carbons (Fsp3) is 0.333. The average molecular weight is 398 g/mol. The molecule has 1 fully saturated rings. The van der Waals surface area contributed by atoms with Crippen LogP contribution in [-0.4, -0.2) is 4.98 Å². The summed E-state index contributed by atoms with van der Waals surface area (Å²) in [5, 5.41) is 4.59. The summed E-state index contributed by atoms with van der Waals surface area (Å²) in [5.41, 5.74) is 4.60. The Balaban J connectivity index is 1.44. The molecule has 0 spiro atoms. The van der Waals surface area contributed by atoms with Gasteiger partial charge in [-0.15, -0.1) is 0 Å². The minimum Gasteiger partial charge on any atom is -0.359 e. The van der Waals surface area contributed by atoms with E-state index in [1.807, 2.05) is 6.20 Å². The van der Waals surface area contributed by atoms with Gasteiger partial charge < -0.3 is 10.3 Å². The van der Waals surface area contributed by atoms with E-state index in [9.17, 15) is 13.2 Å². The van der Waals surface area contributed by atoms with Crippen LogP contribution in [0.2, 0.25) is 0 Å². The number of halogens is 3. The van der Waals surface area contributed by atoms with Crippen molar-refractivity contribution in [3.05, 3.63) is 77.6 Å². The lowest BCUT2D eigenvalue weighted by Crippen LogP contribution is -2.25. The number of rotatable bonds is 6. The lowest BCUT2D eigenvalue weighted by Gasteiger charge is -2.34. The molecule has 1 saturated carbocycles. The molecule has 1 heterocycles. The molecule has 152 valence electrons. The predicted octanol–water partition coefficient (Wildman–Crippen LogP) is 6.94. The molecule has 0 radical (unpaired) electrons. The maximum atomic E-state index is 12.7. The second-order valence-corrected chi connectivity index (χ2v) is 8.20. The van der Waals surface area contributed by atoms with Crippen molar-refractivity contribution < 1.29 is 13.2 Å². The van der Waals surface area contributed by atoms with Gasteiger partial charge in [-0.2, -0.15) is 13.2 Å². The van der Waals surface area contributed by atoms with Crippen molar-refractivity contribution in [2.45, 2.75) is 38.8 Å². The van der Waals surface area contributed by atoms with E-state index in [0.29, 0.717) is 12.3 Å². The highest BCUT2D eigenvalue weighted by atomic mass is 19.4. The monoisotopic (exact) mass is 398 g/mol. The topological polar surface area (TPSA) is 27.8 Å². The fourth-order valence-corrected chi connectivity index (χ4v) is 4.04. The second kappa shape index (κ2) is 7.62. The summed E-state index contributed by atoms with van der Waals surface area (Å²) in [7, 11) is 0. The molecule has 0 saturated heterocycles. The third-order valence-corrected chi connectivity index (χ3v) is 5.89. The van der Waals surface area contributed by atoms with Crippen molar-refractivity contribution >= 4 is 16.6 Å². The van der Waals surface area contributed by atoms with Crippen molar-refractivity contribution in [3.8, 4) is 0 Å². The number of hydrogen-bond acceptors (Lipinski definition) is 1. The Morgan fingerprint density at radius 2 is 1.72 bits per heavy atom. The van der Waals surface area contributed by atoms with Gasteiger partial charge in [0.15, 0.2) is 0 Å². The van der Waals surface area contributed by atoms with Crippen molar-refractivity contribution in [2.24, 2.45) is 11.8 Å². The first-order valence-corrected chi connectivity index (χ1v) is 10.0. The molecule has 2 aromatic carbocycles. The molecule has 1 aliphatic rings. The van der Waals surface area contributed by atoms with Gasteiger partial charge in [0.05, 0.1) is 11.3 Å². The van der Waals surface area contributed by atoms with Gasteiger partial charge in [-0.25, -0.2) is 0 Å². The largest absolute Gasteiger partial charge is 0.416 e. The SMILES string of the molecule is C=C(Nc1c[nH]c2ccc(CCc3ccc(C(F)(F)F)cc3)cc12)C1CC(C)C1. The van der Waals surface area contributed by atoms with E-state index < -0.39 is 11.7 Å². The van der Waals surface area contributed by atoms with E-state index in [1.165, 1.54) is 12.8 Å². The standard InChI is InChI=1S/C24H25F3N2/c1-15-11-19(12-15)16(2)29-23-14-28-22-10-7-18(13-21(22)23)4-3-17-5-8-20(9-6-17)24(25,26)27/h5-10,13-15,19,28-29H,2-4,11-12H2,1H3. The van der Waals surface area contributed by atoms with Crippen LogP contribution < -0.4 is 5.32 Å². The van der Waals surface area contributed by atoms with Crippen molar-refractivity contribution in [3.63, 3.8) is 0 Å². The van der Waals surface area contributed by atoms with Crippen LogP contribution in [-0.2, 0) is 19.0 Å². The van der Waals surface area contributed by atoms with Crippen molar-refractivity contribution in [2.75, 3.05) is 5.32 Å². The number of aromatic amines is 1. The van der Waals surface area contributed by atoms with Gasteiger partial charge >= 0.3 is 6.18 Å². The predicted molar refractivity (Wildman–Crippen MR) is 112 cm³/mol. The van der Waals surface area contributed by atoms with E-state index in [-0.39, 0.29) is 0 Å². The molecular formula is C24H25F3N2.